The second-order valence-corrected chi connectivity index (χ2v) is 6.43. The van der Waals surface area contributed by atoms with Crippen molar-refractivity contribution in [2.45, 2.75) is 13.8 Å². The van der Waals surface area contributed by atoms with E-state index in [9.17, 15) is 14.0 Å². The molecule has 4 heteroatoms. The highest BCUT2D eigenvalue weighted by molar-refractivity contribution is 6.23. The molecule has 2 bridgehead atoms. The molecule has 1 saturated heterocycles. The highest BCUT2D eigenvalue weighted by Crippen LogP contribution is 2.57. The van der Waals surface area contributed by atoms with Gasteiger partial charge in [-0.15, -0.1) is 0 Å². The Bertz CT molecular complexity index is 709. The Kier molecular flexibility index (Phi) is 2.68. The number of benzene rings is 1. The summed E-state index contributed by atoms with van der Waals surface area (Å²) in [5.74, 6) is -1.19. The molecule has 22 heavy (non-hydrogen) atoms. The van der Waals surface area contributed by atoms with Crippen LogP contribution in [0.5, 0.6) is 0 Å². The molecule has 112 valence electrons. The van der Waals surface area contributed by atoms with Crippen LogP contribution in [0.1, 0.15) is 13.8 Å². The first-order chi connectivity index (χ1) is 10.5. The Morgan fingerprint density at radius 3 is 1.91 bits per heavy atom. The molecule has 0 N–H and O–H groups in total. The molecule has 1 aromatic carbocycles. The molecule has 1 aromatic rings. The van der Waals surface area contributed by atoms with Crippen LogP contribution in [0.15, 0.2) is 47.6 Å². The summed E-state index contributed by atoms with van der Waals surface area (Å²) in [5, 5.41) is 0. The zero-order valence-electron chi connectivity index (χ0n) is 12.4. The Hall–Kier alpha value is -2.23. The molecule has 4 atom stereocenters. The first kappa shape index (κ1) is 13.4. The zero-order valence-corrected chi connectivity index (χ0v) is 12.4. The third-order valence-electron chi connectivity index (χ3n) is 5.08. The highest BCUT2D eigenvalue weighted by atomic mass is 19.1. The van der Waals surface area contributed by atoms with Crippen molar-refractivity contribution in [2.24, 2.45) is 23.7 Å². The van der Waals surface area contributed by atoms with E-state index in [0.717, 1.165) is 0 Å². The fourth-order valence-corrected chi connectivity index (χ4v) is 4.27. The van der Waals surface area contributed by atoms with Gasteiger partial charge >= 0.3 is 0 Å². The van der Waals surface area contributed by atoms with E-state index >= 15 is 0 Å². The molecule has 0 radical (unpaired) electrons. The highest BCUT2D eigenvalue weighted by Gasteiger charge is 2.61. The van der Waals surface area contributed by atoms with Crippen LogP contribution in [0.2, 0.25) is 0 Å². The molecule has 3 nitrogen and oxygen atoms in total. The predicted octanol–water partition coefficient (Wildman–Crippen LogP) is 3.08. The van der Waals surface area contributed by atoms with Gasteiger partial charge in [-0.1, -0.05) is 23.3 Å². The van der Waals surface area contributed by atoms with Crippen LogP contribution >= 0.6 is 0 Å². The van der Waals surface area contributed by atoms with Crippen LogP contribution in [0, 0.1) is 29.5 Å². The smallest absolute Gasteiger partial charge is 0.238 e. The minimum absolute atomic E-state index is 0.0434. The summed E-state index contributed by atoms with van der Waals surface area (Å²) in [6.45, 7) is 4.08. The number of hydrogen-bond acceptors (Lipinski definition) is 2. The largest absolute Gasteiger partial charge is 0.274 e. The molecule has 3 aliphatic rings. The van der Waals surface area contributed by atoms with Gasteiger partial charge in [-0.25, -0.2) is 9.29 Å². The Morgan fingerprint density at radius 2 is 1.45 bits per heavy atom. The van der Waals surface area contributed by atoms with Crippen LogP contribution in [0.4, 0.5) is 10.1 Å². The third-order valence-corrected chi connectivity index (χ3v) is 5.08. The number of nitrogens with zero attached hydrogens (tertiary/aromatic N) is 1. The van der Waals surface area contributed by atoms with Crippen molar-refractivity contribution in [1.82, 2.24) is 0 Å². The average Bonchev–Trinajstić information content (AvgIpc) is 3.11. The summed E-state index contributed by atoms with van der Waals surface area (Å²) < 4.78 is 13.1. The molecular formula is C18H16FNO2. The molecule has 1 aliphatic heterocycles. The lowest BCUT2D eigenvalue weighted by atomic mass is 9.85. The van der Waals surface area contributed by atoms with Crippen molar-refractivity contribution in [3.8, 4) is 0 Å². The molecule has 2 fully saturated rings. The maximum atomic E-state index is 13.1. The van der Waals surface area contributed by atoms with Crippen LogP contribution < -0.4 is 4.90 Å². The van der Waals surface area contributed by atoms with Crippen LogP contribution in [0.25, 0.3) is 0 Å². The van der Waals surface area contributed by atoms with E-state index in [0.29, 0.717) is 5.69 Å². The number of rotatable bonds is 1. The van der Waals surface area contributed by atoms with E-state index in [1.165, 1.54) is 40.3 Å². The summed E-state index contributed by atoms with van der Waals surface area (Å²) in [5.41, 5.74) is 2.89. The second-order valence-electron chi connectivity index (χ2n) is 6.43. The monoisotopic (exact) mass is 297 g/mol. The van der Waals surface area contributed by atoms with Crippen molar-refractivity contribution < 1.29 is 14.0 Å². The summed E-state index contributed by atoms with van der Waals surface area (Å²) in [6, 6.07) is 5.53. The number of amides is 2. The van der Waals surface area contributed by atoms with Gasteiger partial charge in [0.15, 0.2) is 0 Å². The molecule has 0 aromatic heterocycles. The summed E-state index contributed by atoms with van der Waals surface area (Å²) in [4.78, 5) is 26.8. The fourth-order valence-electron chi connectivity index (χ4n) is 4.27. The fraction of sp³-hybridized carbons (Fsp3) is 0.333. The van der Waals surface area contributed by atoms with E-state index < -0.39 is 0 Å². The first-order valence-corrected chi connectivity index (χ1v) is 7.49. The molecule has 2 amide bonds. The Morgan fingerprint density at radius 1 is 0.955 bits per heavy atom. The van der Waals surface area contributed by atoms with Gasteiger partial charge in [0.1, 0.15) is 5.82 Å². The van der Waals surface area contributed by atoms with Crippen molar-refractivity contribution in [2.75, 3.05) is 4.90 Å². The zero-order chi connectivity index (χ0) is 15.6. The van der Waals surface area contributed by atoms with Gasteiger partial charge < -0.3 is 0 Å². The van der Waals surface area contributed by atoms with Crippen LogP contribution in [-0.2, 0) is 9.59 Å². The minimum atomic E-state index is -0.378. The molecule has 0 unspecified atom stereocenters. The van der Waals surface area contributed by atoms with Gasteiger partial charge in [-0.05, 0) is 38.1 Å². The van der Waals surface area contributed by atoms with Gasteiger partial charge in [0.25, 0.3) is 0 Å². The number of anilines is 1. The van der Waals surface area contributed by atoms with Crippen molar-refractivity contribution in [1.29, 1.82) is 0 Å². The maximum absolute atomic E-state index is 13.1. The number of carbonyl (C=O) groups excluding carboxylic acids is 2. The number of imide groups is 1. The van der Waals surface area contributed by atoms with Gasteiger partial charge in [0.05, 0.1) is 17.5 Å². The van der Waals surface area contributed by atoms with Gasteiger partial charge in [0.2, 0.25) is 11.8 Å². The normalized spacial score (nSPS) is 32.1. The first-order valence-electron chi connectivity index (χ1n) is 7.49. The standard InChI is InChI=1S/C18H16FNO2/c1-9(2)14-12-7-8-13(14)16-15(12)17(21)20(18(16)22)11-5-3-10(19)4-6-11/h3-8,12-13,15-16H,1-2H3/t12-,13+,15-,16+. The molecular weight excluding hydrogens is 281 g/mol. The van der Waals surface area contributed by atoms with Crippen LogP contribution in [-0.4, -0.2) is 11.8 Å². The van der Waals surface area contributed by atoms with E-state index in [-0.39, 0.29) is 41.3 Å². The Labute approximate surface area is 128 Å². The summed E-state index contributed by atoms with van der Waals surface area (Å²) in [6.07, 6.45) is 4.13. The number of halogens is 1. The topological polar surface area (TPSA) is 37.4 Å². The van der Waals surface area contributed by atoms with E-state index in [2.05, 4.69) is 12.2 Å². The summed E-state index contributed by atoms with van der Waals surface area (Å²) >= 11 is 0. The lowest BCUT2D eigenvalue weighted by molar-refractivity contribution is -0.122. The van der Waals surface area contributed by atoms with Crippen molar-refractivity contribution in [3.63, 3.8) is 0 Å². The van der Waals surface area contributed by atoms with E-state index in [1.54, 1.807) is 0 Å². The molecule has 4 rings (SSSR count). The van der Waals surface area contributed by atoms with Crippen molar-refractivity contribution >= 4 is 17.5 Å². The molecule has 1 heterocycles. The third kappa shape index (κ3) is 1.55. The SMILES string of the molecule is CC(C)=C1[C@H]2C=C[C@@H]1[C@@H]1C(=O)N(c3ccc(F)cc3)C(=O)[C@@H]12. The van der Waals surface area contributed by atoms with Gasteiger partial charge in [-0.3, -0.25) is 9.59 Å². The van der Waals surface area contributed by atoms with E-state index in [1.807, 2.05) is 13.8 Å². The number of allylic oxidation sites excluding steroid dienone is 4. The second kappa shape index (κ2) is 4.38. The predicted molar refractivity (Wildman–Crippen MR) is 80.4 cm³/mol. The molecule has 0 spiro atoms. The average molecular weight is 297 g/mol. The Balaban J connectivity index is 1.76. The quantitative estimate of drug-likeness (QED) is 0.590. The maximum Gasteiger partial charge on any atom is 0.238 e. The van der Waals surface area contributed by atoms with Gasteiger partial charge in [0, 0.05) is 11.8 Å². The molecule has 2 aliphatic carbocycles. The minimum Gasteiger partial charge on any atom is -0.274 e. The lowest BCUT2D eigenvalue weighted by Gasteiger charge is -2.19. The van der Waals surface area contributed by atoms with Gasteiger partial charge in [-0.2, -0.15) is 0 Å². The van der Waals surface area contributed by atoms with E-state index in [4.69, 9.17) is 0 Å². The van der Waals surface area contributed by atoms with Crippen molar-refractivity contribution in [3.05, 3.63) is 53.4 Å². The van der Waals surface area contributed by atoms with Crippen LogP contribution in [0.3, 0.4) is 0 Å². The number of hydrogen-bond donors (Lipinski definition) is 0. The summed E-state index contributed by atoms with van der Waals surface area (Å²) in [7, 11) is 0. The number of carbonyl (C=O) groups is 2. The molecule has 1 saturated carbocycles. The number of fused-ring (bicyclic) bond motifs is 5. The lowest BCUT2D eigenvalue weighted by Crippen LogP contribution is -2.33.